The van der Waals surface area contributed by atoms with Crippen LogP contribution in [0.5, 0.6) is 0 Å². The highest BCUT2D eigenvalue weighted by molar-refractivity contribution is 7.12. The fourth-order valence-corrected chi connectivity index (χ4v) is 3.23. The van der Waals surface area contributed by atoms with Crippen molar-refractivity contribution in [1.82, 2.24) is 15.5 Å². The van der Waals surface area contributed by atoms with Crippen LogP contribution >= 0.6 is 11.3 Å². The number of rotatable bonds is 8. The molecular formula is C21H27N3O3S. The van der Waals surface area contributed by atoms with Crippen molar-refractivity contribution in [3.8, 4) is 0 Å². The zero-order valence-electron chi connectivity index (χ0n) is 16.5. The van der Waals surface area contributed by atoms with Gasteiger partial charge >= 0.3 is 0 Å². The van der Waals surface area contributed by atoms with Crippen molar-refractivity contribution in [3.05, 3.63) is 58.3 Å². The number of hydrogen-bond acceptors (Lipinski definition) is 4. The number of carbonyl (C=O) groups excluding carboxylic acids is 3. The van der Waals surface area contributed by atoms with Crippen molar-refractivity contribution in [2.45, 2.75) is 32.7 Å². The second-order valence-corrected chi connectivity index (χ2v) is 8.46. The third-order valence-corrected chi connectivity index (χ3v) is 4.73. The first kappa shape index (κ1) is 21.6. The summed E-state index contributed by atoms with van der Waals surface area (Å²) in [4.78, 5) is 39.1. The normalized spacial score (nSPS) is 11.0. The van der Waals surface area contributed by atoms with E-state index in [9.17, 15) is 14.4 Å². The van der Waals surface area contributed by atoms with Gasteiger partial charge in [-0.2, -0.15) is 0 Å². The highest BCUT2D eigenvalue weighted by atomic mass is 32.1. The number of hydrogen-bond donors (Lipinski definition) is 2. The van der Waals surface area contributed by atoms with Gasteiger partial charge in [0.2, 0.25) is 11.8 Å². The number of carbonyl (C=O) groups is 3. The summed E-state index contributed by atoms with van der Waals surface area (Å²) >= 11 is 1.31. The summed E-state index contributed by atoms with van der Waals surface area (Å²) in [6.07, 6.45) is 0.633. The van der Waals surface area contributed by atoms with Gasteiger partial charge in [0.05, 0.1) is 18.0 Å². The maximum atomic E-state index is 12.7. The van der Waals surface area contributed by atoms with Gasteiger partial charge in [-0.3, -0.25) is 14.4 Å². The molecule has 0 saturated carbocycles. The molecule has 150 valence electrons. The molecule has 0 fully saturated rings. The monoisotopic (exact) mass is 401 g/mol. The van der Waals surface area contributed by atoms with Gasteiger partial charge in [-0.15, -0.1) is 11.3 Å². The molecule has 2 rings (SSSR count). The molecule has 0 aliphatic carbocycles. The molecule has 1 heterocycles. The number of amides is 3. The third-order valence-electron chi connectivity index (χ3n) is 3.86. The van der Waals surface area contributed by atoms with Crippen LogP contribution in [0.4, 0.5) is 0 Å². The number of nitrogens with zero attached hydrogens (tertiary/aromatic N) is 1. The Bertz CT molecular complexity index is 783. The van der Waals surface area contributed by atoms with Crippen LogP contribution in [0.15, 0.2) is 47.8 Å². The first-order chi connectivity index (χ1) is 13.2. The van der Waals surface area contributed by atoms with E-state index in [0.717, 1.165) is 5.56 Å². The van der Waals surface area contributed by atoms with Gasteiger partial charge in [0.15, 0.2) is 0 Å². The average molecular weight is 402 g/mol. The van der Waals surface area contributed by atoms with Crippen LogP contribution < -0.4 is 10.6 Å². The topological polar surface area (TPSA) is 78.5 Å². The molecule has 1 aromatic carbocycles. The van der Waals surface area contributed by atoms with Gasteiger partial charge in [-0.25, -0.2) is 0 Å². The summed E-state index contributed by atoms with van der Waals surface area (Å²) in [5, 5.41) is 7.31. The summed E-state index contributed by atoms with van der Waals surface area (Å²) in [6, 6.07) is 13.3. The fourth-order valence-electron chi connectivity index (χ4n) is 2.59. The Morgan fingerprint density at radius 2 is 1.75 bits per heavy atom. The van der Waals surface area contributed by atoms with Crippen LogP contribution in [0.3, 0.4) is 0 Å². The minimum Gasteiger partial charge on any atom is -0.350 e. The van der Waals surface area contributed by atoms with E-state index in [4.69, 9.17) is 0 Å². The van der Waals surface area contributed by atoms with Crippen molar-refractivity contribution in [2.24, 2.45) is 0 Å². The van der Waals surface area contributed by atoms with Crippen molar-refractivity contribution >= 4 is 29.1 Å². The van der Waals surface area contributed by atoms with Gasteiger partial charge < -0.3 is 15.5 Å². The molecule has 1 aromatic heterocycles. The van der Waals surface area contributed by atoms with Gasteiger partial charge in [0.25, 0.3) is 5.91 Å². The number of benzene rings is 1. The van der Waals surface area contributed by atoms with E-state index in [0.29, 0.717) is 17.8 Å². The van der Waals surface area contributed by atoms with E-state index in [1.165, 1.54) is 16.2 Å². The smallest absolute Gasteiger partial charge is 0.261 e. The predicted molar refractivity (Wildman–Crippen MR) is 111 cm³/mol. The Kier molecular flexibility index (Phi) is 7.75. The van der Waals surface area contributed by atoms with Crippen LogP contribution in [-0.4, -0.2) is 47.8 Å². The highest BCUT2D eigenvalue weighted by Crippen LogP contribution is 2.08. The van der Waals surface area contributed by atoms with E-state index in [2.05, 4.69) is 10.6 Å². The summed E-state index contributed by atoms with van der Waals surface area (Å²) in [7, 11) is 0. The summed E-state index contributed by atoms with van der Waals surface area (Å²) < 4.78 is 0. The molecular weight excluding hydrogens is 374 g/mol. The van der Waals surface area contributed by atoms with Crippen molar-refractivity contribution < 1.29 is 14.4 Å². The lowest BCUT2D eigenvalue weighted by Gasteiger charge is -2.26. The number of thiophene rings is 1. The maximum Gasteiger partial charge on any atom is 0.261 e. The Balaban J connectivity index is 1.97. The Hall–Kier alpha value is -2.67. The minimum atomic E-state index is -0.376. The van der Waals surface area contributed by atoms with Crippen LogP contribution in [0.1, 0.15) is 36.0 Å². The zero-order chi connectivity index (χ0) is 20.6. The largest absolute Gasteiger partial charge is 0.350 e. The van der Waals surface area contributed by atoms with Crippen LogP contribution in [0, 0.1) is 0 Å². The molecule has 0 aliphatic heterocycles. The first-order valence-corrected chi connectivity index (χ1v) is 10.1. The quantitative estimate of drug-likeness (QED) is 0.713. The van der Waals surface area contributed by atoms with E-state index in [1.54, 1.807) is 17.5 Å². The lowest BCUT2D eigenvalue weighted by Crippen LogP contribution is -2.49. The molecule has 3 amide bonds. The van der Waals surface area contributed by atoms with Crippen molar-refractivity contribution in [3.63, 3.8) is 0 Å². The molecule has 6 nitrogen and oxygen atoms in total. The lowest BCUT2D eigenvalue weighted by molar-refractivity contribution is -0.135. The standard InChI is InChI=1S/C21H27N3O3S/c1-21(2,3)23-18(25)15-24(12-11-16-8-5-4-6-9-16)19(26)14-22-20(27)17-10-7-13-28-17/h4-10,13H,11-12,14-15H2,1-3H3,(H,22,27)(H,23,25). The van der Waals surface area contributed by atoms with Crippen LogP contribution in [-0.2, 0) is 16.0 Å². The van der Waals surface area contributed by atoms with E-state index in [1.807, 2.05) is 51.1 Å². The van der Waals surface area contributed by atoms with Crippen molar-refractivity contribution in [1.29, 1.82) is 0 Å². The minimum absolute atomic E-state index is 0.0438. The second kappa shape index (κ2) is 10.0. The van der Waals surface area contributed by atoms with Crippen LogP contribution in [0.25, 0.3) is 0 Å². The molecule has 28 heavy (non-hydrogen) atoms. The molecule has 2 aromatic rings. The van der Waals surface area contributed by atoms with E-state index >= 15 is 0 Å². The van der Waals surface area contributed by atoms with Gasteiger partial charge in [0.1, 0.15) is 0 Å². The predicted octanol–water partition coefficient (Wildman–Crippen LogP) is 2.46. The molecule has 0 bridgehead atoms. The van der Waals surface area contributed by atoms with Crippen molar-refractivity contribution in [2.75, 3.05) is 19.6 Å². The molecule has 0 saturated heterocycles. The van der Waals surface area contributed by atoms with Gasteiger partial charge in [0, 0.05) is 12.1 Å². The summed E-state index contributed by atoms with van der Waals surface area (Å²) in [5.41, 5.74) is 0.706. The summed E-state index contributed by atoms with van der Waals surface area (Å²) in [6.45, 7) is 5.88. The third kappa shape index (κ3) is 7.52. The Morgan fingerprint density at radius 1 is 1.04 bits per heavy atom. The zero-order valence-corrected chi connectivity index (χ0v) is 17.3. The van der Waals surface area contributed by atoms with Gasteiger partial charge in [-0.05, 0) is 44.2 Å². The van der Waals surface area contributed by atoms with E-state index in [-0.39, 0.29) is 36.3 Å². The molecule has 0 aliphatic rings. The number of nitrogens with one attached hydrogen (secondary N) is 2. The SMILES string of the molecule is CC(C)(C)NC(=O)CN(CCc1ccccc1)C(=O)CNC(=O)c1cccs1. The molecule has 0 atom stereocenters. The fraction of sp³-hybridized carbons (Fsp3) is 0.381. The second-order valence-electron chi connectivity index (χ2n) is 7.51. The molecule has 0 unspecified atom stereocenters. The summed E-state index contributed by atoms with van der Waals surface area (Å²) in [5.74, 6) is -0.797. The van der Waals surface area contributed by atoms with E-state index < -0.39 is 0 Å². The Labute approximate surface area is 169 Å². The first-order valence-electron chi connectivity index (χ1n) is 9.19. The molecule has 7 heteroatoms. The maximum absolute atomic E-state index is 12.7. The highest BCUT2D eigenvalue weighted by Gasteiger charge is 2.21. The Morgan fingerprint density at radius 3 is 2.36 bits per heavy atom. The average Bonchev–Trinajstić information content (AvgIpc) is 3.17. The molecule has 0 spiro atoms. The van der Waals surface area contributed by atoms with Crippen LogP contribution in [0.2, 0.25) is 0 Å². The molecule has 0 radical (unpaired) electrons. The molecule has 2 N–H and O–H groups in total. The lowest BCUT2D eigenvalue weighted by atomic mass is 10.1. The van der Waals surface area contributed by atoms with Gasteiger partial charge in [-0.1, -0.05) is 36.4 Å².